The summed E-state index contributed by atoms with van der Waals surface area (Å²) in [5.41, 5.74) is 1.54. The van der Waals surface area contributed by atoms with Gasteiger partial charge < -0.3 is 15.3 Å². The summed E-state index contributed by atoms with van der Waals surface area (Å²) in [7, 11) is 0. The number of piperazine rings is 1. The van der Waals surface area contributed by atoms with E-state index < -0.39 is 5.82 Å². The van der Waals surface area contributed by atoms with Crippen LogP contribution in [0.2, 0.25) is 0 Å². The van der Waals surface area contributed by atoms with Crippen molar-refractivity contribution >= 4 is 16.9 Å². The van der Waals surface area contributed by atoms with E-state index in [-0.39, 0.29) is 28.3 Å². The Hall–Kier alpha value is -3.00. The molecule has 4 rings (SSSR count). The van der Waals surface area contributed by atoms with Gasteiger partial charge in [0.15, 0.2) is 5.65 Å². The number of aryl methyl sites for hydroxylation is 1. The van der Waals surface area contributed by atoms with Gasteiger partial charge >= 0.3 is 0 Å². The molecule has 0 unspecified atom stereocenters. The second-order valence-electron chi connectivity index (χ2n) is 9.31. The molecule has 1 aliphatic heterocycles. The normalized spacial score (nSPS) is 17.6. The monoisotopic (exact) mass is 439 g/mol. The van der Waals surface area contributed by atoms with Crippen molar-refractivity contribution < 1.29 is 14.3 Å². The van der Waals surface area contributed by atoms with Crippen LogP contribution >= 0.6 is 0 Å². The lowest BCUT2D eigenvalue weighted by Gasteiger charge is -2.52. The van der Waals surface area contributed by atoms with Gasteiger partial charge in [-0.15, -0.1) is 0 Å². The molecule has 1 amide bonds. The van der Waals surface area contributed by atoms with Crippen LogP contribution in [0.4, 0.5) is 4.39 Å². The van der Waals surface area contributed by atoms with Gasteiger partial charge in [0.1, 0.15) is 11.6 Å². The van der Waals surface area contributed by atoms with Crippen LogP contribution in [-0.4, -0.2) is 55.3 Å². The standard InChI is InChI=1S/C24H30FN5O2/c1-6-24(7-2)12-26-23(4,5)13-30(24)22(32)17-11-19(16-9-8-15(31)10-18(16)25)27-21-20(17)14(3)28-29-21/h8-11,26,31H,6-7,12-13H2,1-5H3,(H,27,28,29). The summed E-state index contributed by atoms with van der Waals surface area (Å²) in [6.45, 7) is 11.5. The number of benzene rings is 1. The molecule has 1 fully saturated rings. The second kappa shape index (κ2) is 7.85. The van der Waals surface area contributed by atoms with E-state index in [9.17, 15) is 14.3 Å². The summed E-state index contributed by atoms with van der Waals surface area (Å²) in [5, 5.41) is 21.0. The molecule has 3 aromatic rings. The van der Waals surface area contributed by atoms with Crippen molar-refractivity contribution in [1.82, 2.24) is 25.4 Å². The lowest BCUT2D eigenvalue weighted by atomic mass is 9.83. The number of H-pyrrole nitrogens is 1. The highest BCUT2D eigenvalue weighted by Crippen LogP contribution is 2.35. The van der Waals surface area contributed by atoms with Gasteiger partial charge in [0.2, 0.25) is 0 Å². The Kier molecular flexibility index (Phi) is 5.45. The number of phenols is 1. The van der Waals surface area contributed by atoms with Crippen molar-refractivity contribution in [3.05, 3.63) is 41.3 Å². The number of nitrogens with zero attached hydrogens (tertiary/aromatic N) is 3. The number of aromatic nitrogens is 3. The van der Waals surface area contributed by atoms with E-state index in [1.165, 1.54) is 12.1 Å². The molecule has 32 heavy (non-hydrogen) atoms. The Morgan fingerprint density at radius 3 is 2.62 bits per heavy atom. The summed E-state index contributed by atoms with van der Waals surface area (Å²) in [5.74, 6) is -0.883. The molecule has 3 heterocycles. The van der Waals surface area contributed by atoms with Crippen molar-refractivity contribution in [3.8, 4) is 17.0 Å². The first-order valence-corrected chi connectivity index (χ1v) is 11.0. The maximum atomic E-state index is 14.6. The number of amides is 1. The van der Waals surface area contributed by atoms with Crippen LogP contribution in [0.15, 0.2) is 24.3 Å². The number of hydrogen-bond donors (Lipinski definition) is 3. The molecular weight excluding hydrogens is 409 g/mol. The van der Waals surface area contributed by atoms with Gasteiger partial charge in [-0.2, -0.15) is 5.10 Å². The van der Waals surface area contributed by atoms with Gasteiger partial charge in [-0.05, 0) is 51.8 Å². The van der Waals surface area contributed by atoms with E-state index in [0.717, 1.165) is 18.9 Å². The number of nitrogens with one attached hydrogen (secondary N) is 2. The lowest BCUT2D eigenvalue weighted by Crippen LogP contribution is -2.69. The fourth-order valence-electron chi connectivity index (χ4n) is 4.64. The zero-order chi connectivity index (χ0) is 23.3. The first-order chi connectivity index (χ1) is 15.1. The maximum absolute atomic E-state index is 14.6. The summed E-state index contributed by atoms with van der Waals surface area (Å²) in [4.78, 5) is 20.6. The Balaban J connectivity index is 1.90. The molecule has 1 aliphatic rings. The van der Waals surface area contributed by atoms with Crippen molar-refractivity contribution in [2.45, 2.75) is 58.5 Å². The van der Waals surface area contributed by atoms with E-state index in [4.69, 9.17) is 0 Å². The molecule has 0 bridgehead atoms. The molecule has 7 nitrogen and oxygen atoms in total. The van der Waals surface area contributed by atoms with Crippen LogP contribution in [-0.2, 0) is 0 Å². The predicted molar refractivity (Wildman–Crippen MR) is 122 cm³/mol. The molecule has 8 heteroatoms. The summed E-state index contributed by atoms with van der Waals surface area (Å²) in [6.07, 6.45) is 1.63. The van der Waals surface area contributed by atoms with Gasteiger partial charge in [0.25, 0.3) is 5.91 Å². The Morgan fingerprint density at radius 1 is 1.25 bits per heavy atom. The van der Waals surface area contributed by atoms with E-state index in [0.29, 0.717) is 41.1 Å². The third kappa shape index (κ3) is 3.62. The molecule has 170 valence electrons. The Bertz CT molecular complexity index is 1180. The largest absolute Gasteiger partial charge is 0.508 e. The van der Waals surface area contributed by atoms with Crippen molar-refractivity contribution in [1.29, 1.82) is 0 Å². The van der Waals surface area contributed by atoms with Gasteiger partial charge in [-0.3, -0.25) is 9.89 Å². The van der Waals surface area contributed by atoms with Crippen molar-refractivity contribution in [2.24, 2.45) is 0 Å². The Morgan fingerprint density at radius 2 is 1.97 bits per heavy atom. The van der Waals surface area contributed by atoms with E-state index in [1.54, 1.807) is 6.07 Å². The molecule has 1 aromatic carbocycles. The number of phenolic OH excluding ortho intramolecular Hbond substituents is 1. The van der Waals surface area contributed by atoms with Crippen molar-refractivity contribution in [2.75, 3.05) is 13.1 Å². The second-order valence-corrected chi connectivity index (χ2v) is 9.31. The molecule has 0 atom stereocenters. The Labute approximate surface area is 187 Å². The zero-order valence-corrected chi connectivity index (χ0v) is 19.2. The molecule has 3 N–H and O–H groups in total. The third-order valence-electron chi connectivity index (χ3n) is 6.75. The highest BCUT2D eigenvalue weighted by molar-refractivity contribution is 6.07. The SMILES string of the molecule is CCC1(CC)CNC(C)(C)CN1C(=O)c1cc(-c2ccc(O)cc2F)nc2[nH]nc(C)c12. The minimum atomic E-state index is -0.605. The molecule has 0 saturated carbocycles. The zero-order valence-electron chi connectivity index (χ0n) is 19.2. The molecular formula is C24H30FN5O2. The van der Waals surface area contributed by atoms with Crippen LogP contribution in [0.25, 0.3) is 22.3 Å². The minimum Gasteiger partial charge on any atom is -0.508 e. The molecule has 0 aliphatic carbocycles. The van der Waals surface area contributed by atoms with Crippen molar-refractivity contribution in [3.63, 3.8) is 0 Å². The fourth-order valence-corrected chi connectivity index (χ4v) is 4.64. The van der Waals surface area contributed by atoms with Gasteiger partial charge in [-0.25, -0.2) is 9.37 Å². The predicted octanol–water partition coefficient (Wildman–Crippen LogP) is 4.16. The number of rotatable bonds is 4. The average Bonchev–Trinajstić information content (AvgIpc) is 3.13. The number of halogens is 1. The number of carbonyl (C=O) groups is 1. The first kappa shape index (κ1) is 22.2. The van der Waals surface area contributed by atoms with Crippen LogP contribution in [0, 0.1) is 12.7 Å². The third-order valence-corrected chi connectivity index (χ3v) is 6.75. The number of carbonyl (C=O) groups excluding carboxylic acids is 1. The summed E-state index contributed by atoms with van der Waals surface area (Å²) in [6, 6.07) is 5.56. The maximum Gasteiger partial charge on any atom is 0.255 e. The summed E-state index contributed by atoms with van der Waals surface area (Å²) >= 11 is 0. The van der Waals surface area contributed by atoms with Gasteiger partial charge in [-0.1, -0.05) is 13.8 Å². The van der Waals surface area contributed by atoms with Crippen LogP contribution in [0.1, 0.15) is 56.6 Å². The van der Waals surface area contributed by atoms with E-state index in [1.807, 2.05) is 11.8 Å². The molecule has 0 spiro atoms. The number of aromatic amines is 1. The van der Waals surface area contributed by atoms with E-state index >= 15 is 0 Å². The fraction of sp³-hybridized carbons (Fsp3) is 0.458. The number of pyridine rings is 1. The van der Waals surface area contributed by atoms with Gasteiger partial charge in [0.05, 0.1) is 27.9 Å². The molecule has 2 aromatic heterocycles. The number of hydrogen-bond acceptors (Lipinski definition) is 5. The highest BCUT2D eigenvalue weighted by Gasteiger charge is 2.45. The van der Waals surface area contributed by atoms with Crippen LogP contribution in [0.5, 0.6) is 5.75 Å². The van der Waals surface area contributed by atoms with E-state index in [2.05, 4.69) is 48.2 Å². The molecule has 1 saturated heterocycles. The average molecular weight is 440 g/mol. The number of aromatic hydroxyl groups is 1. The van der Waals surface area contributed by atoms with Gasteiger partial charge in [0, 0.05) is 30.3 Å². The minimum absolute atomic E-state index is 0.111. The highest BCUT2D eigenvalue weighted by atomic mass is 19.1. The summed E-state index contributed by atoms with van der Waals surface area (Å²) < 4.78 is 14.6. The topological polar surface area (TPSA) is 94.1 Å². The molecule has 0 radical (unpaired) electrons. The smallest absolute Gasteiger partial charge is 0.255 e. The lowest BCUT2D eigenvalue weighted by molar-refractivity contribution is 0.0112. The van der Waals surface area contributed by atoms with Crippen LogP contribution < -0.4 is 5.32 Å². The van der Waals surface area contributed by atoms with Crippen LogP contribution in [0.3, 0.4) is 0 Å². The number of fused-ring (bicyclic) bond motifs is 1. The first-order valence-electron chi connectivity index (χ1n) is 11.0. The quantitative estimate of drug-likeness (QED) is 0.568.